The van der Waals surface area contributed by atoms with Gasteiger partial charge in [-0.25, -0.2) is 23.9 Å². The predicted molar refractivity (Wildman–Crippen MR) is 83.3 cm³/mol. The van der Waals surface area contributed by atoms with Gasteiger partial charge in [0.05, 0.1) is 20.4 Å². The van der Waals surface area contributed by atoms with E-state index in [0.717, 1.165) is 24.3 Å². The Kier molecular flexibility index (Phi) is 8.79. The summed E-state index contributed by atoms with van der Waals surface area (Å²) in [6, 6.07) is -0.663. The number of carbonyl (C=O) groups excluding carboxylic acids is 4. The minimum absolute atomic E-state index is 0.207. The van der Waals surface area contributed by atoms with E-state index >= 15 is 0 Å². The second-order valence-corrected chi connectivity index (χ2v) is 4.51. The van der Waals surface area contributed by atoms with Crippen LogP contribution in [0.15, 0.2) is 36.7 Å². The smallest absolute Gasteiger partial charge is 0.331 e. The van der Waals surface area contributed by atoms with Gasteiger partial charge in [-0.15, -0.1) is 5.10 Å². The highest BCUT2D eigenvalue weighted by Crippen LogP contribution is 2.07. The molecule has 0 saturated carbocycles. The molecular formula is C15H17N3O8. The van der Waals surface area contributed by atoms with E-state index in [4.69, 9.17) is 9.47 Å². The summed E-state index contributed by atoms with van der Waals surface area (Å²) in [5.74, 6) is -3.00. The summed E-state index contributed by atoms with van der Waals surface area (Å²) in [5.41, 5.74) is 0. The molecule has 0 atom stereocenters. The van der Waals surface area contributed by atoms with Crippen LogP contribution in [-0.4, -0.2) is 66.3 Å². The average Bonchev–Trinajstić information content (AvgIpc) is 3.18. The zero-order valence-electron chi connectivity index (χ0n) is 14.1. The van der Waals surface area contributed by atoms with Gasteiger partial charge in [-0.2, -0.15) is 0 Å². The first kappa shape index (κ1) is 20.5. The lowest BCUT2D eigenvalue weighted by atomic mass is 10.3. The van der Waals surface area contributed by atoms with Gasteiger partial charge in [-0.1, -0.05) is 5.21 Å². The highest BCUT2D eigenvalue weighted by Gasteiger charge is 2.16. The maximum absolute atomic E-state index is 11.6. The molecule has 0 bridgehead atoms. The van der Waals surface area contributed by atoms with Crippen molar-refractivity contribution in [3.8, 4) is 0 Å². The minimum atomic E-state index is -0.794. The fourth-order valence-electron chi connectivity index (χ4n) is 1.47. The molecule has 0 spiro atoms. The second-order valence-electron chi connectivity index (χ2n) is 4.51. The molecule has 26 heavy (non-hydrogen) atoms. The standard InChI is InChI=1S/C15H17N3O8/c1-23-12(19)3-5-14(21)25-9-11(18-8-7-16-17-18)10-26-15(22)6-4-13(20)24-2/h3-8,11H,9-10H2,1-2H3/b5-3+,6-4+. The summed E-state index contributed by atoms with van der Waals surface area (Å²) in [4.78, 5) is 44.9. The molecule has 0 saturated heterocycles. The number of nitrogens with zero attached hydrogens (tertiary/aromatic N) is 3. The fraction of sp³-hybridized carbons (Fsp3) is 0.333. The molecular weight excluding hydrogens is 350 g/mol. The van der Waals surface area contributed by atoms with Crippen molar-refractivity contribution in [2.75, 3.05) is 27.4 Å². The van der Waals surface area contributed by atoms with Crippen molar-refractivity contribution in [3.63, 3.8) is 0 Å². The highest BCUT2D eigenvalue weighted by molar-refractivity contribution is 5.92. The molecule has 0 unspecified atom stereocenters. The van der Waals surface area contributed by atoms with Crippen molar-refractivity contribution in [2.24, 2.45) is 0 Å². The largest absolute Gasteiger partial charge is 0.466 e. The van der Waals surface area contributed by atoms with Crippen molar-refractivity contribution in [3.05, 3.63) is 36.7 Å². The maximum Gasteiger partial charge on any atom is 0.331 e. The first-order chi connectivity index (χ1) is 12.5. The third-order valence-electron chi connectivity index (χ3n) is 2.76. The zero-order chi connectivity index (χ0) is 19.4. The van der Waals surface area contributed by atoms with E-state index in [1.807, 2.05) is 0 Å². The molecule has 0 fully saturated rings. The molecule has 1 rings (SSSR count). The van der Waals surface area contributed by atoms with Crippen molar-refractivity contribution in [2.45, 2.75) is 6.04 Å². The lowest BCUT2D eigenvalue weighted by Gasteiger charge is -2.16. The van der Waals surface area contributed by atoms with Crippen molar-refractivity contribution in [1.82, 2.24) is 15.0 Å². The van der Waals surface area contributed by atoms with E-state index in [1.54, 1.807) is 0 Å². The number of aromatic nitrogens is 3. The van der Waals surface area contributed by atoms with E-state index in [2.05, 4.69) is 19.8 Å². The van der Waals surface area contributed by atoms with E-state index in [1.165, 1.54) is 31.3 Å². The second kappa shape index (κ2) is 11.1. The van der Waals surface area contributed by atoms with Gasteiger partial charge in [0.1, 0.15) is 19.3 Å². The maximum atomic E-state index is 11.6. The topological polar surface area (TPSA) is 136 Å². The quantitative estimate of drug-likeness (QED) is 0.315. The molecule has 0 aromatic carbocycles. The van der Waals surface area contributed by atoms with Gasteiger partial charge in [-0.3, -0.25) is 0 Å². The molecule has 0 radical (unpaired) electrons. The van der Waals surface area contributed by atoms with Crippen LogP contribution < -0.4 is 0 Å². The predicted octanol–water partition coefficient (Wildman–Crippen LogP) is -0.636. The molecule has 140 valence electrons. The molecule has 0 aliphatic rings. The lowest BCUT2D eigenvalue weighted by molar-refractivity contribution is -0.144. The normalized spacial score (nSPS) is 10.9. The number of carbonyl (C=O) groups is 4. The molecule has 11 nitrogen and oxygen atoms in total. The first-order valence-corrected chi connectivity index (χ1v) is 7.17. The molecule has 0 aliphatic carbocycles. The molecule has 0 aliphatic heterocycles. The Hall–Kier alpha value is -3.50. The van der Waals surface area contributed by atoms with Crippen LogP contribution in [0.4, 0.5) is 0 Å². The number of ether oxygens (including phenoxy) is 4. The van der Waals surface area contributed by atoms with Crippen LogP contribution in [0.25, 0.3) is 0 Å². The van der Waals surface area contributed by atoms with Crippen LogP contribution in [0, 0.1) is 0 Å². The Morgan fingerprint density at radius 1 is 0.885 bits per heavy atom. The molecule has 11 heteroatoms. The highest BCUT2D eigenvalue weighted by atomic mass is 16.6. The van der Waals surface area contributed by atoms with Gasteiger partial charge in [0.15, 0.2) is 0 Å². The summed E-state index contributed by atoms with van der Waals surface area (Å²) in [5, 5.41) is 7.37. The number of rotatable bonds is 9. The average molecular weight is 367 g/mol. The van der Waals surface area contributed by atoms with Crippen LogP contribution in [0.3, 0.4) is 0 Å². The number of hydrogen-bond acceptors (Lipinski definition) is 10. The van der Waals surface area contributed by atoms with Crippen LogP contribution in [0.5, 0.6) is 0 Å². The van der Waals surface area contributed by atoms with Gasteiger partial charge < -0.3 is 18.9 Å². The van der Waals surface area contributed by atoms with E-state index < -0.39 is 29.9 Å². The number of hydrogen-bond donors (Lipinski definition) is 0. The monoisotopic (exact) mass is 367 g/mol. The van der Waals surface area contributed by atoms with Crippen LogP contribution >= 0.6 is 0 Å². The van der Waals surface area contributed by atoms with Gasteiger partial charge in [-0.05, 0) is 0 Å². The third kappa shape index (κ3) is 7.86. The van der Waals surface area contributed by atoms with Gasteiger partial charge in [0.2, 0.25) is 0 Å². The zero-order valence-corrected chi connectivity index (χ0v) is 14.1. The SMILES string of the molecule is COC(=O)/C=C/C(=O)OCC(COC(=O)/C=C/C(=O)OC)n1ccnn1. The van der Waals surface area contributed by atoms with Gasteiger partial charge >= 0.3 is 23.9 Å². The van der Waals surface area contributed by atoms with Gasteiger partial charge in [0, 0.05) is 30.5 Å². The van der Waals surface area contributed by atoms with Crippen LogP contribution in [0.1, 0.15) is 6.04 Å². The summed E-state index contributed by atoms with van der Waals surface area (Å²) >= 11 is 0. The summed E-state index contributed by atoms with van der Waals surface area (Å²) in [6.45, 7) is -0.413. The molecule has 1 aromatic heterocycles. The molecule has 1 heterocycles. The van der Waals surface area contributed by atoms with Crippen molar-refractivity contribution >= 4 is 23.9 Å². The molecule has 0 N–H and O–H groups in total. The third-order valence-corrected chi connectivity index (χ3v) is 2.76. The number of methoxy groups -OCH3 is 2. The van der Waals surface area contributed by atoms with Gasteiger partial charge in [0.25, 0.3) is 0 Å². The van der Waals surface area contributed by atoms with Crippen molar-refractivity contribution in [1.29, 1.82) is 0 Å². The summed E-state index contributed by atoms with van der Waals surface area (Å²) < 4.78 is 19.9. The Balaban J connectivity index is 2.58. The number of esters is 4. The van der Waals surface area contributed by atoms with Crippen LogP contribution in [-0.2, 0) is 38.1 Å². The van der Waals surface area contributed by atoms with Crippen LogP contribution in [0.2, 0.25) is 0 Å². The lowest BCUT2D eigenvalue weighted by Crippen LogP contribution is -2.24. The minimum Gasteiger partial charge on any atom is -0.466 e. The first-order valence-electron chi connectivity index (χ1n) is 7.17. The Bertz CT molecular complexity index is 639. The summed E-state index contributed by atoms with van der Waals surface area (Å²) in [6.07, 6.45) is 6.49. The van der Waals surface area contributed by atoms with Crippen molar-refractivity contribution < 1.29 is 38.1 Å². The Morgan fingerprint density at radius 3 is 1.73 bits per heavy atom. The Labute approximate surface area is 148 Å². The molecule has 0 amide bonds. The van der Waals surface area contributed by atoms with E-state index in [9.17, 15) is 19.2 Å². The van der Waals surface area contributed by atoms with E-state index in [-0.39, 0.29) is 13.2 Å². The Morgan fingerprint density at radius 2 is 1.35 bits per heavy atom. The fourth-order valence-corrected chi connectivity index (χ4v) is 1.47. The molecule has 1 aromatic rings. The summed E-state index contributed by atoms with van der Waals surface area (Å²) in [7, 11) is 2.34. The van der Waals surface area contributed by atoms with E-state index in [0.29, 0.717) is 0 Å².